The zero-order valence-electron chi connectivity index (χ0n) is 16.3. The van der Waals surface area contributed by atoms with Gasteiger partial charge in [0.25, 0.3) is 5.91 Å². The quantitative estimate of drug-likeness (QED) is 0.472. The van der Waals surface area contributed by atoms with Gasteiger partial charge in [-0.05, 0) is 48.9 Å². The molecule has 2 aromatic carbocycles. The molecule has 0 unspecified atom stereocenters. The Morgan fingerprint density at radius 3 is 2.70 bits per heavy atom. The lowest BCUT2D eigenvalue weighted by atomic mass is 10.1. The summed E-state index contributed by atoms with van der Waals surface area (Å²) >= 11 is 0. The van der Waals surface area contributed by atoms with Crippen molar-refractivity contribution in [3.05, 3.63) is 101 Å². The molecule has 0 fully saturated rings. The van der Waals surface area contributed by atoms with E-state index in [0.29, 0.717) is 34.8 Å². The molecule has 2 aromatic heterocycles. The van der Waals surface area contributed by atoms with Crippen LogP contribution in [0.5, 0.6) is 11.5 Å². The minimum Gasteiger partial charge on any atom is -0.456 e. The largest absolute Gasteiger partial charge is 0.456 e. The third-order valence-electron chi connectivity index (χ3n) is 4.77. The van der Waals surface area contributed by atoms with Crippen LogP contribution in [0.3, 0.4) is 0 Å². The summed E-state index contributed by atoms with van der Waals surface area (Å²) < 4.78 is 6.14. The Hall–Kier alpha value is -4.24. The van der Waals surface area contributed by atoms with Crippen molar-refractivity contribution in [1.82, 2.24) is 15.3 Å². The molecule has 0 bridgehead atoms. The first-order valence-corrected chi connectivity index (χ1v) is 9.36. The number of pyridine rings is 2. The Balaban J connectivity index is 1.58. The van der Waals surface area contributed by atoms with Gasteiger partial charge in [-0.2, -0.15) is 0 Å². The highest BCUT2D eigenvalue weighted by atomic mass is 16.5. The highest BCUT2D eigenvalue weighted by Crippen LogP contribution is 2.33. The molecule has 0 aliphatic carbocycles. The van der Waals surface area contributed by atoms with E-state index < -0.39 is 0 Å². The number of carbonyl (C=O) groups excluding carboxylic acids is 1. The molecule has 30 heavy (non-hydrogen) atoms. The van der Waals surface area contributed by atoms with Gasteiger partial charge in [0, 0.05) is 41.6 Å². The molecular weight excluding hydrogens is 376 g/mol. The monoisotopic (exact) mass is 394 g/mol. The number of ether oxygens (including phenoxy) is 1. The van der Waals surface area contributed by atoms with E-state index in [1.54, 1.807) is 48.9 Å². The molecule has 0 saturated heterocycles. The summed E-state index contributed by atoms with van der Waals surface area (Å²) in [5, 5.41) is 3.73. The van der Waals surface area contributed by atoms with E-state index in [1.165, 1.54) is 0 Å². The van der Waals surface area contributed by atoms with Crippen molar-refractivity contribution < 1.29 is 9.53 Å². The van der Waals surface area contributed by atoms with Gasteiger partial charge in [-0.25, -0.2) is 4.85 Å². The van der Waals surface area contributed by atoms with E-state index in [9.17, 15) is 4.79 Å². The molecule has 6 heteroatoms. The van der Waals surface area contributed by atoms with Gasteiger partial charge in [-0.15, -0.1) is 0 Å². The third-order valence-corrected chi connectivity index (χ3v) is 4.77. The molecular formula is C24H18N4O2. The number of nitrogens with zero attached hydrogens (tertiary/aromatic N) is 3. The van der Waals surface area contributed by atoms with Crippen LogP contribution in [0.1, 0.15) is 21.5 Å². The predicted octanol–water partition coefficient (Wildman–Crippen LogP) is 5.21. The molecule has 0 aliphatic rings. The molecule has 146 valence electrons. The summed E-state index contributed by atoms with van der Waals surface area (Å²) in [6.45, 7) is 9.44. The number of nitrogens with one attached hydrogen (secondary N) is 1. The molecule has 0 radical (unpaired) electrons. The highest BCUT2D eigenvalue weighted by Gasteiger charge is 2.14. The standard InChI is InChI=1S/C24H18N4O2/c1-16-19(24(29)28-15-17-8-11-26-12-9-17)4-3-5-22(16)30-23-10-13-27-21-14-18(25-2)6-7-20(21)23/h3-14H,15H2,1H3,(H,28,29). The number of carbonyl (C=O) groups is 1. The number of fused-ring (bicyclic) bond motifs is 1. The Labute approximate surface area is 174 Å². The SMILES string of the molecule is [C-]#[N+]c1ccc2c(Oc3cccc(C(=O)NCc4ccncc4)c3C)ccnc2c1. The summed E-state index contributed by atoms with van der Waals surface area (Å²) in [5.41, 5.74) is 3.48. The van der Waals surface area contributed by atoms with Crippen molar-refractivity contribution >= 4 is 22.5 Å². The summed E-state index contributed by atoms with van der Waals surface area (Å²) in [4.78, 5) is 24.4. The van der Waals surface area contributed by atoms with E-state index >= 15 is 0 Å². The fourth-order valence-electron chi connectivity index (χ4n) is 3.14. The van der Waals surface area contributed by atoms with Gasteiger partial charge in [0.15, 0.2) is 5.69 Å². The van der Waals surface area contributed by atoms with Crippen LogP contribution in [0.4, 0.5) is 5.69 Å². The maximum absolute atomic E-state index is 12.7. The molecule has 1 N–H and O–H groups in total. The summed E-state index contributed by atoms with van der Waals surface area (Å²) in [7, 11) is 0. The van der Waals surface area contributed by atoms with Crippen molar-refractivity contribution in [3.63, 3.8) is 0 Å². The number of hydrogen-bond acceptors (Lipinski definition) is 4. The zero-order valence-corrected chi connectivity index (χ0v) is 16.3. The molecule has 0 aliphatic heterocycles. The molecule has 0 spiro atoms. The average molecular weight is 394 g/mol. The molecule has 1 amide bonds. The highest BCUT2D eigenvalue weighted by molar-refractivity contribution is 5.96. The van der Waals surface area contributed by atoms with Gasteiger partial charge < -0.3 is 10.1 Å². The van der Waals surface area contributed by atoms with Crippen molar-refractivity contribution in [1.29, 1.82) is 0 Å². The fourth-order valence-corrected chi connectivity index (χ4v) is 3.14. The van der Waals surface area contributed by atoms with Gasteiger partial charge in [0.1, 0.15) is 11.5 Å². The summed E-state index contributed by atoms with van der Waals surface area (Å²) in [5.74, 6) is 1.04. The van der Waals surface area contributed by atoms with E-state index in [0.717, 1.165) is 16.5 Å². The smallest absolute Gasteiger partial charge is 0.251 e. The second kappa shape index (κ2) is 8.41. The molecule has 2 heterocycles. The summed E-state index contributed by atoms with van der Waals surface area (Å²) in [6.07, 6.45) is 5.04. The molecule has 4 aromatic rings. The molecule has 4 rings (SSSR count). The van der Waals surface area contributed by atoms with Crippen molar-refractivity contribution in [3.8, 4) is 11.5 Å². The topological polar surface area (TPSA) is 68.5 Å². The first-order chi connectivity index (χ1) is 14.7. The van der Waals surface area contributed by atoms with Gasteiger partial charge in [0.2, 0.25) is 0 Å². The van der Waals surface area contributed by atoms with Crippen LogP contribution in [0.2, 0.25) is 0 Å². The number of amides is 1. The van der Waals surface area contributed by atoms with Crippen LogP contribution in [0, 0.1) is 13.5 Å². The molecule has 6 nitrogen and oxygen atoms in total. The van der Waals surface area contributed by atoms with Crippen LogP contribution < -0.4 is 10.1 Å². The lowest BCUT2D eigenvalue weighted by molar-refractivity contribution is 0.0950. The van der Waals surface area contributed by atoms with Crippen molar-refractivity contribution in [2.45, 2.75) is 13.5 Å². The number of rotatable bonds is 5. The maximum Gasteiger partial charge on any atom is 0.251 e. The van der Waals surface area contributed by atoms with Crippen LogP contribution in [0.25, 0.3) is 15.7 Å². The minimum absolute atomic E-state index is 0.170. The third kappa shape index (κ3) is 3.96. The Kier molecular flexibility index (Phi) is 5.35. The normalized spacial score (nSPS) is 10.4. The first kappa shape index (κ1) is 19.1. The number of hydrogen-bond donors (Lipinski definition) is 1. The molecule has 0 saturated carbocycles. The van der Waals surface area contributed by atoms with Crippen LogP contribution in [-0.4, -0.2) is 15.9 Å². The van der Waals surface area contributed by atoms with Crippen molar-refractivity contribution in [2.75, 3.05) is 0 Å². The van der Waals surface area contributed by atoms with Crippen molar-refractivity contribution in [2.24, 2.45) is 0 Å². The van der Waals surface area contributed by atoms with Crippen LogP contribution in [0.15, 0.2) is 73.2 Å². The van der Waals surface area contributed by atoms with Gasteiger partial charge in [0.05, 0.1) is 12.1 Å². The van der Waals surface area contributed by atoms with E-state index in [1.807, 2.05) is 31.2 Å². The van der Waals surface area contributed by atoms with E-state index in [2.05, 4.69) is 20.1 Å². The van der Waals surface area contributed by atoms with Gasteiger partial charge in [-0.3, -0.25) is 14.8 Å². The number of aromatic nitrogens is 2. The lowest BCUT2D eigenvalue weighted by Crippen LogP contribution is -2.23. The fraction of sp³-hybridized carbons (Fsp3) is 0.0833. The Morgan fingerprint density at radius 2 is 1.90 bits per heavy atom. The second-order valence-corrected chi connectivity index (χ2v) is 6.69. The van der Waals surface area contributed by atoms with E-state index in [-0.39, 0.29) is 5.91 Å². The molecule has 0 atom stereocenters. The van der Waals surface area contributed by atoms with Crippen LogP contribution >= 0.6 is 0 Å². The second-order valence-electron chi connectivity index (χ2n) is 6.69. The Morgan fingerprint density at radius 1 is 1.07 bits per heavy atom. The van der Waals surface area contributed by atoms with Gasteiger partial charge in [-0.1, -0.05) is 18.2 Å². The number of benzene rings is 2. The summed E-state index contributed by atoms with van der Waals surface area (Å²) in [6, 6.07) is 16.2. The first-order valence-electron chi connectivity index (χ1n) is 9.36. The Bertz CT molecular complexity index is 1260. The zero-order chi connectivity index (χ0) is 20.9. The van der Waals surface area contributed by atoms with E-state index in [4.69, 9.17) is 11.3 Å². The maximum atomic E-state index is 12.7. The average Bonchev–Trinajstić information content (AvgIpc) is 2.79. The van der Waals surface area contributed by atoms with Gasteiger partial charge >= 0.3 is 0 Å². The minimum atomic E-state index is -0.170. The lowest BCUT2D eigenvalue weighted by Gasteiger charge is -2.14. The van der Waals surface area contributed by atoms with Crippen LogP contribution in [-0.2, 0) is 6.54 Å². The predicted molar refractivity (Wildman–Crippen MR) is 115 cm³/mol.